The summed E-state index contributed by atoms with van der Waals surface area (Å²) in [5.41, 5.74) is -0.200. The number of hydrogen-bond acceptors (Lipinski definition) is 4. The minimum Gasteiger partial charge on any atom is -0.386 e. The van der Waals surface area contributed by atoms with E-state index in [9.17, 15) is 9.90 Å². The first-order valence-electron chi connectivity index (χ1n) is 5.62. The SMILES string of the molecule is CC1(C(O)c2cnccn2)CCCCC1=O. The van der Waals surface area contributed by atoms with Gasteiger partial charge < -0.3 is 5.11 Å². The molecule has 0 bridgehead atoms. The lowest BCUT2D eigenvalue weighted by Crippen LogP contribution is -2.37. The number of carbonyl (C=O) groups is 1. The first-order chi connectivity index (χ1) is 7.64. The van der Waals surface area contributed by atoms with Crippen molar-refractivity contribution >= 4 is 5.78 Å². The molecule has 0 aromatic carbocycles. The number of aromatic nitrogens is 2. The zero-order valence-corrected chi connectivity index (χ0v) is 9.39. The Balaban J connectivity index is 2.26. The number of aliphatic hydroxyl groups excluding tert-OH is 1. The monoisotopic (exact) mass is 220 g/mol. The van der Waals surface area contributed by atoms with Crippen LogP contribution < -0.4 is 0 Å². The Hall–Kier alpha value is -1.29. The zero-order valence-electron chi connectivity index (χ0n) is 9.39. The molecule has 0 radical (unpaired) electrons. The Morgan fingerprint density at radius 2 is 2.25 bits per heavy atom. The van der Waals surface area contributed by atoms with E-state index in [0.717, 1.165) is 19.3 Å². The quantitative estimate of drug-likeness (QED) is 0.823. The van der Waals surface area contributed by atoms with E-state index in [-0.39, 0.29) is 5.78 Å². The number of ketones is 1. The van der Waals surface area contributed by atoms with Crippen molar-refractivity contribution in [1.82, 2.24) is 9.97 Å². The van der Waals surface area contributed by atoms with Gasteiger partial charge in [-0.25, -0.2) is 0 Å². The smallest absolute Gasteiger partial charge is 0.141 e. The molecule has 1 aliphatic carbocycles. The minimum atomic E-state index is -0.839. The molecular formula is C12H16N2O2. The Labute approximate surface area is 94.7 Å². The van der Waals surface area contributed by atoms with E-state index >= 15 is 0 Å². The molecule has 2 rings (SSSR count). The van der Waals surface area contributed by atoms with Crippen LogP contribution in [0.25, 0.3) is 0 Å². The summed E-state index contributed by atoms with van der Waals surface area (Å²) < 4.78 is 0. The number of Topliss-reactive ketones (excluding diaryl/α,β-unsaturated/α-hetero) is 1. The second-order valence-electron chi connectivity index (χ2n) is 4.58. The van der Waals surface area contributed by atoms with Crippen LogP contribution in [0.3, 0.4) is 0 Å². The van der Waals surface area contributed by atoms with Gasteiger partial charge in [-0.2, -0.15) is 0 Å². The van der Waals surface area contributed by atoms with Crippen LogP contribution >= 0.6 is 0 Å². The fourth-order valence-corrected chi connectivity index (χ4v) is 2.27. The molecule has 0 saturated heterocycles. The highest BCUT2D eigenvalue weighted by Gasteiger charge is 2.42. The highest BCUT2D eigenvalue weighted by atomic mass is 16.3. The van der Waals surface area contributed by atoms with Gasteiger partial charge in [-0.15, -0.1) is 0 Å². The van der Waals surface area contributed by atoms with Crippen molar-refractivity contribution in [2.75, 3.05) is 0 Å². The Bertz CT molecular complexity index is 380. The van der Waals surface area contributed by atoms with E-state index in [4.69, 9.17) is 0 Å². The lowest BCUT2D eigenvalue weighted by Gasteiger charge is -2.35. The van der Waals surface area contributed by atoms with Gasteiger partial charge in [0, 0.05) is 18.8 Å². The maximum Gasteiger partial charge on any atom is 0.141 e. The first kappa shape index (κ1) is 11.2. The molecule has 1 aliphatic rings. The van der Waals surface area contributed by atoms with Crippen molar-refractivity contribution in [1.29, 1.82) is 0 Å². The van der Waals surface area contributed by atoms with Crippen LogP contribution in [0.2, 0.25) is 0 Å². The van der Waals surface area contributed by atoms with Crippen molar-refractivity contribution in [3.05, 3.63) is 24.3 Å². The van der Waals surface area contributed by atoms with Crippen LogP contribution in [0.5, 0.6) is 0 Å². The van der Waals surface area contributed by atoms with E-state index in [1.54, 1.807) is 6.20 Å². The van der Waals surface area contributed by atoms with Crippen LogP contribution in [-0.2, 0) is 4.79 Å². The molecule has 1 heterocycles. The van der Waals surface area contributed by atoms with Crippen molar-refractivity contribution in [2.45, 2.75) is 38.7 Å². The molecule has 4 heteroatoms. The second kappa shape index (κ2) is 4.29. The third-order valence-electron chi connectivity index (χ3n) is 3.45. The lowest BCUT2D eigenvalue weighted by molar-refractivity contribution is -0.138. The summed E-state index contributed by atoms with van der Waals surface area (Å²) >= 11 is 0. The van der Waals surface area contributed by atoms with Gasteiger partial charge in [0.2, 0.25) is 0 Å². The predicted molar refractivity (Wildman–Crippen MR) is 58.6 cm³/mol. The highest BCUT2D eigenvalue weighted by molar-refractivity contribution is 5.85. The molecule has 2 unspecified atom stereocenters. The molecule has 16 heavy (non-hydrogen) atoms. The fourth-order valence-electron chi connectivity index (χ4n) is 2.27. The second-order valence-corrected chi connectivity index (χ2v) is 4.58. The minimum absolute atomic E-state index is 0.136. The molecule has 1 aromatic heterocycles. The topological polar surface area (TPSA) is 63.1 Å². The maximum absolute atomic E-state index is 11.9. The van der Waals surface area contributed by atoms with E-state index in [2.05, 4.69) is 9.97 Å². The van der Waals surface area contributed by atoms with Crippen molar-refractivity contribution in [2.24, 2.45) is 5.41 Å². The summed E-state index contributed by atoms with van der Waals surface area (Å²) in [7, 11) is 0. The maximum atomic E-state index is 11.9. The van der Waals surface area contributed by atoms with Crippen LogP contribution in [-0.4, -0.2) is 20.9 Å². The lowest BCUT2D eigenvalue weighted by atomic mass is 9.70. The molecule has 1 aromatic rings. The summed E-state index contributed by atoms with van der Waals surface area (Å²) in [6.45, 7) is 1.83. The highest BCUT2D eigenvalue weighted by Crippen LogP contribution is 2.42. The summed E-state index contributed by atoms with van der Waals surface area (Å²) in [4.78, 5) is 19.9. The number of nitrogens with zero attached hydrogens (tertiary/aromatic N) is 2. The molecule has 4 nitrogen and oxygen atoms in total. The molecule has 1 fully saturated rings. The summed E-state index contributed by atoms with van der Waals surface area (Å²) in [5.74, 6) is 0.136. The number of rotatable bonds is 2. The third kappa shape index (κ3) is 1.85. The van der Waals surface area contributed by atoms with E-state index < -0.39 is 11.5 Å². The van der Waals surface area contributed by atoms with Gasteiger partial charge in [-0.3, -0.25) is 14.8 Å². The Kier molecular flexibility index (Phi) is 3.01. The van der Waals surface area contributed by atoms with Crippen LogP contribution in [0, 0.1) is 5.41 Å². The standard InChI is InChI=1S/C12H16N2O2/c1-12(5-3-2-4-10(12)15)11(16)9-8-13-6-7-14-9/h6-8,11,16H,2-5H2,1H3. The normalized spacial score (nSPS) is 27.8. The number of hydrogen-bond donors (Lipinski definition) is 1. The molecule has 86 valence electrons. The van der Waals surface area contributed by atoms with Crippen molar-refractivity contribution in [3.63, 3.8) is 0 Å². The first-order valence-corrected chi connectivity index (χ1v) is 5.62. The Morgan fingerprint density at radius 1 is 1.44 bits per heavy atom. The van der Waals surface area contributed by atoms with Gasteiger partial charge in [0.15, 0.2) is 0 Å². The van der Waals surface area contributed by atoms with Gasteiger partial charge >= 0.3 is 0 Å². The summed E-state index contributed by atoms with van der Waals surface area (Å²) in [6.07, 6.45) is 6.99. The van der Waals surface area contributed by atoms with Crippen LogP contribution in [0.1, 0.15) is 44.4 Å². The number of aliphatic hydroxyl groups is 1. The van der Waals surface area contributed by atoms with Gasteiger partial charge in [-0.05, 0) is 19.8 Å². The zero-order chi connectivity index (χ0) is 11.6. The molecule has 0 spiro atoms. The van der Waals surface area contributed by atoms with Crippen LogP contribution in [0.15, 0.2) is 18.6 Å². The van der Waals surface area contributed by atoms with Gasteiger partial charge in [-0.1, -0.05) is 6.42 Å². The van der Waals surface area contributed by atoms with Crippen molar-refractivity contribution in [3.8, 4) is 0 Å². The van der Waals surface area contributed by atoms with E-state index in [1.807, 2.05) is 6.92 Å². The van der Waals surface area contributed by atoms with Crippen molar-refractivity contribution < 1.29 is 9.90 Å². The Morgan fingerprint density at radius 3 is 2.88 bits per heavy atom. The third-order valence-corrected chi connectivity index (χ3v) is 3.45. The average molecular weight is 220 g/mol. The average Bonchev–Trinajstić information content (AvgIpc) is 2.33. The van der Waals surface area contributed by atoms with E-state index in [0.29, 0.717) is 12.1 Å². The van der Waals surface area contributed by atoms with Crippen LogP contribution in [0.4, 0.5) is 0 Å². The molecule has 1 N–H and O–H groups in total. The molecular weight excluding hydrogens is 204 g/mol. The molecule has 0 aliphatic heterocycles. The molecule has 0 amide bonds. The summed E-state index contributed by atoms with van der Waals surface area (Å²) in [6, 6.07) is 0. The largest absolute Gasteiger partial charge is 0.386 e. The predicted octanol–water partition coefficient (Wildman–Crippen LogP) is 1.66. The van der Waals surface area contributed by atoms with Gasteiger partial charge in [0.1, 0.15) is 11.9 Å². The molecule has 1 saturated carbocycles. The molecule has 2 atom stereocenters. The summed E-state index contributed by atoms with van der Waals surface area (Å²) in [5, 5.41) is 10.3. The van der Waals surface area contributed by atoms with E-state index in [1.165, 1.54) is 12.4 Å². The van der Waals surface area contributed by atoms with Gasteiger partial charge in [0.25, 0.3) is 0 Å². The number of carbonyl (C=O) groups excluding carboxylic acids is 1. The van der Waals surface area contributed by atoms with Gasteiger partial charge in [0.05, 0.1) is 17.3 Å². The fraction of sp³-hybridized carbons (Fsp3) is 0.583.